The molecule has 0 spiro atoms. The van der Waals surface area contributed by atoms with E-state index in [1.165, 1.54) is 32.5 Å². The Morgan fingerprint density at radius 3 is 2.58 bits per heavy atom. The predicted molar refractivity (Wildman–Crippen MR) is 51.2 cm³/mol. The van der Waals surface area contributed by atoms with Gasteiger partial charge in [-0.05, 0) is 51.2 Å². The van der Waals surface area contributed by atoms with E-state index < -0.39 is 0 Å². The fourth-order valence-corrected chi connectivity index (χ4v) is 1.65. The van der Waals surface area contributed by atoms with Gasteiger partial charge in [-0.1, -0.05) is 6.92 Å². The highest BCUT2D eigenvalue weighted by Crippen LogP contribution is 2.34. The summed E-state index contributed by atoms with van der Waals surface area (Å²) in [6, 6.07) is 0. The average molecular weight is 168 g/mol. The zero-order valence-electron chi connectivity index (χ0n) is 8.19. The Labute approximate surface area is 75.1 Å². The van der Waals surface area contributed by atoms with Crippen LogP contribution in [0.4, 0.5) is 0 Å². The molecule has 0 aromatic carbocycles. The maximum absolute atomic E-state index is 3.65. The molecule has 1 saturated carbocycles. The van der Waals surface area contributed by atoms with Crippen LogP contribution in [-0.4, -0.2) is 25.2 Å². The van der Waals surface area contributed by atoms with Gasteiger partial charge in [0.15, 0.2) is 0 Å². The van der Waals surface area contributed by atoms with E-state index >= 15 is 0 Å². The quantitative estimate of drug-likeness (QED) is 0.654. The van der Waals surface area contributed by atoms with E-state index in [4.69, 9.17) is 0 Å². The maximum atomic E-state index is 3.65. The van der Waals surface area contributed by atoms with Crippen LogP contribution in [0.3, 0.4) is 0 Å². The minimum atomic E-state index is 0.519. The average Bonchev–Trinajstić information content (AvgIpc) is 2.62. The van der Waals surface area contributed by atoms with Gasteiger partial charge in [0.1, 0.15) is 0 Å². The van der Waals surface area contributed by atoms with E-state index in [2.05, 4.69) is 24.5 Å². The van der Waals surface area contributed by atoms with E-state index in [0.29, 0.717) is 5.54 Å². The molecule has 0 radical (unpaired) electrons. The Bertz CT molecular complexity index is 159. The molecule has 0 bridgehead atoms. The molecule has 1 heterocycles. The van der Waals surface area contributed by atoms with Crippen LogP contribution in [0, 0.1) is 11.8 Å². The third-order valence-electron chi connectivity index (χ3n) is 3.47. The van der Waals surface area contributed by atoms with Gasteiger partial charge in [0.25, 0.3) is 0 Å². The molecular weight excluding hydrogens is 148 g/mol. The van der Waals surface area contributed by atoms with E-state index in [0.717, 1.165) is 11.8 Å². The first-order chi connectivity index (χ1) is 5.70. The molecule has 2 N–H and O–H groups in total. The molecule has 2 nitrogen and oxygen atoms in total. The summed E-state index contributed by atoms with van der Waals surface area (Å²) in [6.45, 7) is 8.38. The van der Waals surface area contributed by atoms with Crippen molar-refractivity contribution in [2.75, 3.05) is 19.6 Å². The Kier molecular flexibility index (Phi) is 2.13. The van der Waals surface area contributed by atoms with E-state index in [-0.39, 0.29) is 0 Å². The van der Waals surface area contributed by atoms with Crippen molar-refractivity contribution in [1.29, 1.82) is 0 Å². The monoisotopic (exact) mass is 168 g/mol. The number of rotatable bonds is 4. The lowest BCUT2D eigenvalue weighted by molar-refractivity contribution is 0.236. The summed E-state index contributed by atoms with van der Waals surface area (Å²) in [5, 5.41) is 6.98. The number of hydrogen-bond acceptors (Lipinski definition) is 2. The van der Waals surface area contributed by atoms with Gasteiger partial charge in [0.2, 0.25) is 0 Å². The number of nitrogens with one attached hydrogen (secondary N) is 2. The van der Waals surface area contributed by atoms with Gasteiger partial charge in [0.05, 0.1) is 0 Å². The van der Waals surface area contributed by atoms with Gasteiger partial charge in [-0.2, -0.15) is 0 Å². The van der Waals surface area contributed by atoms with Crippen LogP contribution in [0.25, 0.3) is 0 Å². The normalized spacial score (nSPS) is 29.5. The summed E-state index contributed by atoms with van der Waals surface area (Å²) >= 11 is 0. The Balaban J connectivity index is 1.64. The van der Waals surface area contributed by atoms with Crippen molar-refractivity contribution in [2.45, 2.75) is 32.2 Å². The van der Waals surface area contributed by atoms with Gasteiger partial charge in [-0.3, -0.25) is 0 Å². The van der Waals surface area contributed by atoms with Crippen LogP contribution in [0.1, 0.15) is 26.7 Å². The highest BCUT2D eigenvalue weighted by Gasteiger charge is 2.37. The zero-order chi connectivity index (χ0) is 8.60. The minimum absolute atomic E-state index is 0.519. The summed E-state index contributed by atoms with van der Waals surface area (Å²) in [7, 11) is 0. The smallest absolute Gasteiger partial charge is 0.0154 e. The third kappa shape index (κ3) is 1.80. The van der Waals surface area contributed by atoms with Crippen LogP contribution in [-0.2, 0) is 0 Å². The second-order valence-corrected chi connectivity index (χ2v) is 4.84. The van der Waals surface area contributed by atoms with Crippen molar-refractivity contribution in [3.63, 3.8) is 0 Å². The van der Waals surface area contributed by atoms with Gasteiger partial charge in [0, 0.05) is 5.54 Å². The van der Waals surface area contributed by atoms with Gasteiger partial charge >= 0.3 is 0 Å². The minimum Gasteiger partial charge on any atom is -0.316 e. The molecule has 2 fully saturated rings. The highest BCUT2D eigenvalue weighted by atomic mass is 15.0. The number of hydrogen-bond donors (Lipinski definition) is 2. The molecule has 1 saturated heterocycles. The van der Waals surface area contributed by atoms with E-state index in [1.807, 2.05) is 0 Å². The molecular formula is C10H20N2. The van der Waals surface area contributed by atoms with Crippen LogP contribution in [0.15, 0.2) is 0 Å². The van der Waals surface area contributed by atoms with Gasteiger partial charge in [-0.15, -0.1) is 0 Å². The standard InChI is InChI=1S/C10H20N2/c1-8(9-6-11-7-9)5-12-10(2)3-4-10/h8-9,11-12H,3-7H2,1-2H3. The molecule has 1 aliphatic carbocycles. The van der Waals surface area contributed by atoms with Crippen molar-refractivity contribution in [3.05, 3.63) is 0 Å². The molecule has 2 rings (SSSR count). The van der Waals surface area contributed by atoms with Crippen LogP contribution in [0.2, 0.25) is 0 Å². The second kappa shape index (κ2) is 3.00. The Hall–Kier alpha value is -0.0800. The Morgan fingerprint density at radius 2 is 2.17 bits per heavy atom. The summed E-state index contributed by atoms with van der Waals surface area (Å²) in [5.74, 6) is 1.78. The van der Waals surface area contributed by atoms with E-state index in [1.54, 1.807) is 0 Å². The lowest BCUT2D eigenvalue weighted by atomic mass is 9.89. The summed E-state index contributed by atoms with van der Waals surface area (Å²) in [6.07, 6.45) is 2.76. The van der Waals surface area contributed by atoms with Crippen molar-refractivity contribution in [3.8, 4) is 0 Å². The maximum Gasteiger partial charge on any atom is 0.0154 e. The molecule has 1 atom stereocenters. The fraction of sp³-hybridized carbons (Fsp3) is 1.00. The van der Waals surface area contributed by atoms with Gasteiger partial charge in [-0.25, -0.2) is 0 Å². The third-order valence-corrected chi connectivity index (χ3v) is 3.47. The molecule has 1 aliphatic heterocycles. The summed E-state index contributed by atoms with van der Waals surface area (Å²) in [5.41, 5.74) is 0.519. The SMILES string of the molecule is CC(CNC1(C)CC1)C1CNC1. The van der Waals surface area contributed by atoms with Crippen LogP contribution < -0.4 is 10.6 Å². The summed E-state index contributed by atoms with van der Waals surface area (Å²) < 4.78 is 0. The highest BCUT2D eigenvalue weighted by molar-refractivity contribution is 4.98. The molecule has 0 amide bonds. The first-order valence-corrected chi connectivity index (χ1v) is 5.15. The lowest BCUT2D eigenvalue weighted by Gasteiger charge is -2.33. The molecule has 2 aliphatic rings. The Morgan fingerprint density at radius 1 is 1.50 bits per heavy atom. The predicted octanol–water partition coefficient (Wildman–Crippen LogP) is 0.984. The molecule has 0 aromatic rings. The molecule has 70 valence electrons. The molecule has 2 heteroatoms. The second-order valence-electron chi connectivity index (χ2n) is 4.84. The topological polar surface area (TPSA) is 24.1 Å². The largest absolute Gasteiger partial charge is 0.316 e. The first kappa shape index (κ1) is 8.52. The van der Waals surface area contributed by atoms with Crippen molar-refractivity contribution >= 4 is 0 Å². The van der Waals surface area contributed by atoms with E-state index in [9.17, 15) is 0 Å². The van der Waals surface area contributed by atoms with Crippen molar-refractivity contribution in [2.24, 2.45) is 11.8 Å². The lowest BCUT2D eigenvalue weighted by Crippen LogP contribution is -2.48. The van der Waals surface area contributed by atoms with Crippen molar-refractivity contribution < 1.29 is 0 Å². The van der Waals surface area contributed by atoms with Crippen LogP contribution in [0.5, 0.6) is 0 Å². The molecule has 1 unspecified atom stereocenters. The van der Waals surface area contributed by atoms with Crippen molar-refractivity contribution in [1.82, 2.24) is 10.6 Å². The fourth-order valence-electron chi connectivity index (χ4n) is 1.65. The van der Waals surface area contributed by atoms with Crippen LogP contribution >= 0.6 is 0 Å². The first-order valence-electron chi connectivity index (χ1n) is 5.15. The van der Waals surface area contributed by atoms with Gasteiger partial charge < -0.3 is 10.6 Å². The molecule has 12 heavy (non-hydrogen) atoms. The zero-order valence-corrected chi connectivity index (χ0v) is 8.19. The summed E-state index contributed by atoms with van der Waals surface area (Å²) in [4.78, 5) is 0. The molecule has 0 aromatic heterocycles.